The molecule has 0 fully saturated rings. The second-order valence-electron chi connectivity index (χ2n) is 4.92. The van der Waals surface area contributed by atoms with E-state index in [1.54, 1.807) is 12.2 Å². The van der Waals surface area contributed by atoms with Gasteiger partial charge >= 0.3 is 0 Å². The van der Waals surface area contributed by atoms with Crippen LogP contribution in [-0.2, 0) is 9.16 Å². The summed E-state index contributed by atoms with van der Waals surface area (Å²) in [7, 11) is -1.81. The molecule has 3 heteroatoms. The lowest BCUT2D eigenvalue weighted by Crippen LogP contribution is -2.40. The predicted octanol–water partition coefficient (Wildman–Crippen LogP) is 4.20. The third-order valence-electron chi connectivity index (χ3n) is 2.59. The maximum atomic E-state index is 5.79. The van der Waals surface area contributed by atoms with E-state index in [0.717, 1.165) is 0 Å². The lowest BCUT2D eigenvalue weighted by molar-refractivity contribution is 0.174. The first kappa shape index (κ1) is 14.0. The lowest BCUT2D eigenvalue weighted by atomic mass is 10.2. The molecule has 0 radical (unpaired) electrons. The summed E-state index contributed by atoms with van der Waals surface area (Å²) in [6, 6.07) is 0. The first-order chi connectivity index (χ1) is 6.70. The van der Waals surface area contributed by atoms with Crippen LogP contribution in [0.1, 0.15) is 20.8 Å². The Kier molecular flexibility index (Phi) is 4.88. The quantitative estimate of drug-likeness (QED) is 0.397. The molecule has 0 aliphatic rings. The Morgan fingerprint density at radius 3 is 2.20 bits per heavy atom. The van der Waals surface area contributed by atoms with Gasteiger partial charge in [-0.2, -0.15) is 0 Å². The Bertz CT molecular complexity index is 259. The maximum absolute atomic E-state index is 5.79. The average molecular weight is 226 g/mol. The second kappa shape index (κ2) is 5.21. The minimum atomic E-state index is -1.81. The van der Waals surface area contributed by atoms with Gasteiger partial charge in [0.15, 0.2) is 0 Å². The molecule has 0 saturated carbocycles. The van der Waals surface area contributed by atoms with Crippen LogP contribution in [0.5, 0.6) is 0 Å². The zero-order valence-corrected chi connectivity index (χ0v) is 11.5. The SMILES string of the molecule is C=C/C=C/OC(=C)O[Si](C)(C)C(C)(C)C. The van der Waals surface area contributed by atoms with Crippen molar-refractivity contribution in [3.05, 3.63) is 37.5 Å². The van der Waals surface area contributed by atoms with Crippen molar-refractivity contribution >= 4 is 8.32 Å². The highest BCUT2D eigenvalue weighted by Crippen LogP contribution is 2.37. The van der Waals surface area contributed by atoms with Crippen LogP contribution in [0.3, 0.4) is 0 Å². The molecule has 0 spiro atoms. The van der Waals surface area contributed by atoms with Crippen LogP contribution >= 0.6 is 0 Å². The Morgan fingerprint density at radius 1 is 1.27 bits per heavy atom. The smallest absolute Gasteiger partial charge is 0.262 e. The van der Waals surface area contributed by atoms with E-state index in [4.69, 9.17) is 9.16 Å². The highest BCUT2D eigenvalue weighted by atomic mass is 28.4. The van der Waals surface area contributed by atoms with Gasteiger partial charge in [0.25, 0.3) is 14.3 Å². The molecule has 0 rings (SSSR count). The van der Waals surface area contributed by atoms with Crippen LogP contribution in [0, 0.1) is 0 Å². The van der Waals surface area contributed by atoms with Crippen molar-refractivity contribution in [2.24, 2.45) is 0 Å². The monoisotopic (exact) mass is 226 g/mol. The van der Waals surface area contributed by atoms with Crippen LogP contribution < -0.4 is 0 Å². The molecule has 0 bridgehead atoms. The van der Waals surface area contributed by atoms with Gasteiger partial charge in [0.2, 0.25) is 0 Å². The van der Waals surface area contributed by atoms with Crippen molar-refractivity contribution in [1.82, 2.24) is 0 Å². The van der Waals surface area contributed by atoms with Gasteiger partial charge in [0.1, 0.15) is 0 Å². The number of hydrogen-bond acceptors (Lipinski definition) is 2. The molecule has 0 saturated heterocycles. The molecule has 15 heavy (non-hydrogen) atoms. The lowest BCUT2D eigenvalue weighted by Gasteiger charge is -2.36. The van der Waals surface area contributed by atoms with Gasteiger partial charge in [-0.3, -0.25) is 0 Å². The molecule has 0 aromatic carbocycles. The summed E-state index contributed by atoms with van der Waals surface area (Å²) in [5.74, 6) is 0.361. The summed E-state index contributed by atoms with van der Waals surface area (Å²) in [6.07, 6.45) is 4.85. The van der Waals surface area contributed by atoms with Gasteiger partial charge in [-0.1, -0.05) is 33.4 Å². The van der Waals surface area contributed by atoms with E-state index in [1.807, 2.05) is 0 Å². The van der Waals surface area contributed by atoms with Crippen molar-refractivity contribution < 1.29 is 9.16 Å². The van der Waals surface area contributed by atoms with Crippen molar-refractivity contribution in [2.45, 2.75) is 38.9 Å². The summed E-state index contributed by atoms with van der Waals surface area (Å²) < 4.78 is 11.0. The summed E-state index contributed by atoms with van der Waals surface area (Å²) in [5.41, 5.74) is 0. The van der Waals surface area contributed by atoms with E-state index >= 15 is 0 Å². The molecule has 0 aliphatic carbocycles. The number of ether oxygens (including phenoxy) is 1. The molecule has 0 heterocycles. The molecular formula is C12H22O2Si. The Morgan fingerprint density at radius 2 is 1.80 bits per heavy atom. The average Bonchev–Trinajstić information content (AvgIpc) is 2.01. The molecule has 0 aromatic rings. The molecular weight excluding hydrogens is 204 g/mol. The number of allylic oxidation sites excluding steroid dienone is 2. The van der Waals surface area contributed by atoms with Gasteiger partial charge in [-0.15, -0.1) is 0 Å². The first-order valence-corrected chi connectivity index (χ1v) is 7.93. The fourth-order valence-corrected chi connectivity index (χ4v) is 1.56. The minimum absolute atomic E-state index is 0.154. The topological polar surface area (TPSA) is 18.5 Å². The summed E-state index contributed by atoms with van der Waals surface area (Å²) in [5, 5.41) is 0.154. The normalized spacial score (nSPS) is 12.6. The van der Waals surface area contributed by atoms with Gasteiger partial charge in [-0.25, -0.2) is 0 Å². The van der Waals surface area contributed by atoms with E-state index in [-0.39, 0.29) is 5.04 Å². The van der Waals surface area contributed by atoms with Crippen molar-refractivity contribution in [3.63, 3.8) is 0 Å². The van der Waals surface area contributed by atoms with Crippen LogP contribution in [-0.4, -0.2) is 8.32 Å². The van der Waals surface area contributed by atoms with Crippen molar-refractivity contribution in [3.8, 4) is 0 Å². The molecule has 0 aromatic heterocycles. The van der Waals surface area contributed by atoms with Crippen LogP contribution in [0.4, 0.5) is 0 Å². The van der Waals surface area contributed by atoms with Gasteiger partial charge in [-0.05, 0) is 30.8 Å². The third-order valence-corrected chi connectivity index (χ3v) is 6.94. The molecule has 0 aliphatic heterocycles. The number of rotatable bonds is 5. The third kappa shape index (κ3) is 4.88. The van der Waals surface area contributed by atoms with Gasteiger partial charge in [0, 0.05) is 0 Å². The van der Waals surface area contributed by atoms with Gasteiger partial charge < -0.3 is 9.16 Å². The molecule has 86 valence electrons. The Balaban J connectivity index is 4.29. The van der Waals surface area contributed by atoms with E-state index < -0.39 is 8.32 Å². The summed E-state index contributed by atoms with van der Waals surface area (Å²) in [6.45, 7) is 18.1. The second-order valence-corrected chi connectivity index (χ2v) is 9.64. The molecule has 2 nitrogen and oxygen atoms in total. The van der Waals surface area contributed by atoms with E-state index in [1.165, 1.54) is 6.26 Å². The van der Waals surface area contributed by atoms with Crippen LogP contribution in [0.2, 0.25) is 18.1 Å². The molecule has 0 unspecified atom stereocenters. The Hall–Kier alpha value is -0.963. The zero-order valence-electron chi connectivity index (χ0n) is 10.5. The van der Waals surface area contributed by atoms with Crippen LogP contribution in [0.25, 0.3) is 0 Å². The number of hydrogen-bond donors (Lipinski definition) is 0. The fraction of sp³-hybridized carbons (Fsp3) is 0.500. The highest BCUT2D eigenvalue weighted by Gasteiger charge is 2.39. The van der Waals surface area contributed by atoms with Crippen LogP contribution in [0.15, 0.2) is 37.5 Å². The Labute approximate surface area is 94.4 Å². The van der Waals surface area contributed by atoms with Crippen molar-refractivity contribution in [1.29, 1.82) is 0 Å². The van der Waals surface area contributed by atoms with Gasteiger partial charge in [0.05, 0.1) is 6.26 Å². The fourth-order valence-electron chi connectivity index (χ4n) is 0.632. The largest absolute Gasteiger partial charge is 0.519 e. The zero-order chi connectivity index (χ0) is 12.1. The maximum Gasteiger partial charge on any atom is 0.262 e. The standard InChI is InChI=1S/C12H22O2Si/c1-8-9-10-13-11(2)14-15(6,7)12(3,4)5/h8-10H,1-2H2,3-7H3/b10-9+. The summed E-state index contributed by atoms with van der Waals surface area (Å²) >= 11 is 0. The predicted molar refractivity (Wildman–Crippen MR) is 67.8 cm³/mol. The van der Waals surface area contributed by atoms with E-state index in [0.29, 0.717) is 5.95 Å². The van der Waals surface area contributed by atoms with Crippen molar-refractivity contribution in [2.75, 3.05) is 0 Å². The minimum Gasteiger partial charge on any atom is -0.519 e. The summed E-state index contributed by atoms with van der Waals surface area (Å²) in [4.78, 5) is 0. The van der Waals surface area contributed by atoms with E-state index in [2.05, 4.69) is 47.0 Å². The first-order valence-electron chi connectivity index (χ1n) is 5.03. The highest BCUT2D eigenvalue weighted by molar-refractivity contribution is 6.74. The molecule has 0 atom stereocenters. The van der Waals surface area contributed by atoms with E-state index in [9.17, 15) is 0 Å². The molecule has 0 N–H and O–H groups in total. The molecule has 0 amide bonds.